The highest BCUT2D eigenvalue weighted by Gasteiger charge is 2.36. The van der Waals surface area contributed by atoms with E-state index in [1.807, 2.05) is 9.80 Å². The molecule has 0 aromatic heterocycles. The van der Waals surface area contributed by atoms with E-state index in [0.717, 1.165) is 18.8 Å². The second kappa shape index (κ2) is 7.92. The maximum atomic E-state index is 13.0. The first kappa shape index (κ1) is 19.1. The van der Waals surface area contributed by atoms with Gasteiger partial charge >= 0.3 is 0 Å². The van der Waals surface area contributed by atoms with Gasteiger partial charge in [-0.15, -0.1) is 0 Å². The number of amides is 1. The van der Waals surface area contributed by atoms with Crippen molar-refractivity contribution in [3.05, 3.63) is 30.1 Å². The van der Waals surface area contributed by atoms with Crippen LogP contribution in [-0.2, 0) is 14.6 Å². The minimum absolute atomic E-state index is 0.116. The van der Waals surface area contributed by atoms with Gasteiger partial charge in [0.25, 0.3) is 0 Å². The van der Waals surface area contributed by atoms with Crippen molar-refractivity contribution >= 4 is 21.4 Å². The van der Waals surface area contributed by atoms with Crippen LogP contribution in [0.1, 0.15) is 13.3 Å². The topological polar surface area (TPSA) is 60.9 Å². The second-order valence-corrected chi connectivity index (χ2v) is 9.50. The molecular formula is C18H26FN3O3S. The lowest BCUT2D eigenvalue weighted by molar-refractivity contribution is -0.132. The molecule has 1 aromatic carbocycles. The summed E-state index contributed by atoms with van der Waals surface area (Å²) in [5, 5.41) is -0.262. The minimum Gasteiger partial charge on any atom is -0.368 e. The lowest BCUT2D eigenvalue weighted by atomic mass is 10.2. The van der Waals surface area contributed by atoms with E-state index in [4.69, 9.17) is 0 Å². The van der Waals surface area contributed by atoms with Crippen LogP contribution in [0.2, 0.25) is 0 Å². The van der Waals surface area contributed by atoms with Gasteiger partial charge in [0.1, 0.15) is 5.82 Å². The fraction of sp³-hybridized carbons (Fsp3) is 0.611. The molecule has 1 aromatic rings. The highest BCUT2D eigenvalue weighted by atomic mass is 32.2. The summed E-state index contributed by atoms with van der Waals surface area (Å²) in [5.41, 5.74) is 0.974. The molecule has 26 heavy (non-hydrogen) atoms. The summed E-state index contributed by atoms with van der Waals surface area (Å²) in [5.74, 6) is 0.0519. The normalized spacial score (nSPS) is 19.5. The zero-order valence-corrected chi connectivity index (χ0v) is 15.9. The Morgan fingerprint density at radius 3 is 2.31 bits per heavy atom. The number of sulfone groups is 1. The van der Waals surface area contributed by atoms with Crippen molar-refractivity contribution in [2.24, 2.45) is 0 Å². The van der Waals surface area contributed by atoms with Crippen molar-refractivity contribution in [2.75, 3.05) is 56.5 Å². The maximum absolute atomic E-state index is 13.0. The molecule has 6 nitrogen and oxygen atoms in total. The van der Waals surface area contributed by atoms with E-state index in [1.165, 1.54) is 12.1 Å². The maximum Gasteiger partial charge on any atom is 0.223 e. The van der Waals surface area contributed by atoms with Crippen molar-refractivity contribution in [3.63, 3.8) is 0 Å². The molecule has 8 heteroatoms. The van der Waals surface area contributed by atoms with Gasteiger partial charge in [0.15, 0.2) is 9.84 Å². The van der Waals surface area contributed by atoms with E-state index in [1.54, 1.807) is 19.1 Å². The first-order valence-corrected chi connectivity index (χ1v) is 10.8. The fourth-order valence-electron chi connectivity index (χ4n) is 3.45. The van der Waals surface area contributed by atoms with Gasteiger partial charge in [0, 0.05) is 63.7 Å². The van der Waals surface area contributed by atoms with Crippen LogP contribution >= 0.6 is 0 Å². The molecule has 2 saturated heterocycles. The number of piperazine rings is 1. The minimum atomic E-state index is -2.95. The lowest BCUT2D eigenvalue weighted by Crippen LogP contribution is -2.56. The number of hydrogen-bond acceptors (Lipinski definition) is 5. The molecule has 0 radical (unpaired) electrons. The summed E-state index contributed by atoms with van der Waals surface area (Å²) in [6, 6.07) is 6.42. The average molecular weight is 383 g/mol. The summed E-state index contributed by atoms with van der Waals surface area (Å²) >= 11 is 0. The van der Waals surface area contributed by atoms with Crippen LogP contribution in [-0.4, -0.2) is 80.9 Å². The van der Waals surface area contributed by atoms with Gasteiger partial charge in [-0.05, 0) is 24.3 Å². The number of halogens is 1. The third-order valence-corrected chi connectivity index (χ3v) is 7.42. The molecule has 0 unspecified atom stereocenters. The van der Waals surface area contributed by atoms with E-state index in [2.05, 4.69) is 4.90 Å². The molecular weight excluding hydrogens is 357 g/mol. The molecule has 1 amide bonds. The molecule has 2 aliphatic heterocycles. The first-order valence-electron chi connectivity index (χ1n) is 9.11. The predicted octanol–water partition coefficient (Wildman–Crippen LogP) is 0.983. The molecule has 2 aliphatic rings. The lowest BCUT2D eigenvalue weighted by Gasteiger charge is -2.39. The van der Waals surface area contributed by atoms with E-state index in [0.29, 0.717) is 39.1 Å². The van der Waals surface area contributed by atoms with Crippen LogP contribution < -0.4 is 4.90 Å². The number of likely N-dealkylation sites (tertiary alicyclic amines) is 1. The molecule has 0 atom stereocenters. The smallest absolute Gasteiger partial charge is 0.223 e. The first-order chi connectivity index (χ1) is 12.4. The second-order valence-electron chi connectivity index (χ2n) is 6.93. The Kier molecular flexibility index (Phi) is 5.82. The van der Waals surface area contributed by atoms with Crippen molar-refractivity contribution in [1.29, 1.82) is 0 Å². The number of anilines is 1. The Bertz CT molecular complexity index is 725. The van der Waals surface area contributed by atoms with Crippen molar-refractivity contribution in [3.8, 4) is 0 Å². The average Bonchev–Trinajstić information content (AvgIpc) is 2.61. The Morgan fingerprint density at radius 1 is 1.12 bits per heavy atom. The van der Waals surface area contributed by atoms with Crippen LogP contribution in [0.4, 0.5) is 10.1 Å². The summed E-state index contributed by atoms with van der Waals surface area (Å²) in [6.07, 6.45) is 0.426. The van der Waals surface area contributed by atoms with Gasteiger partial charge in [0.05, 0.1) is 5.25 Å². The molecule has 0 N–H and O–H groups in total. The molecule has 144 valence electrons. The van der Waals surface area contributed by atoms with Crippen molar-refractivity contribution < 1.29 is 17.6 Å². The molecule has 2 heterocycles. The number of rotatable bonds is 6. The quantitative estimate of drug-likeness (QED) is 0.733. The van der Waals surface area contributed by atoms with Crippen LogP contribution in [0.3, 0.4) is 0 Å². The van der Waals surface area contributed by atoms with Gasteiger partial charge in [0.2, 0.25) is 5.91 Å². The fourth-order valence-corrected chi connectivity index (χ4v) is 4.79. The third kappa shape index (κ3) is 4.35. The van der Waals surface area contributed by atoms with Crippen molar-refractivity contribution in [2.45, 2.75) is 18.6 Å². The van der Waals surface area contributed by atoms with E-state index >= 15 is 0 Å². The Morgan fingerprint density at radius 2 is 1.73 bits per heavy atom. The molecule has 3 rings (SSSR count). The monoisotopic (exact) mass is 383 g/mol. The van der Waals surface area contributed by atoms with Crippen LogP contribution in [0.15, 0.2) is 24.3 Å². The number of carbonyl (C=O) groups is 1. The molecule has 0 saturated carbocycles. The Balaban J connectivity index is 1.39. The van der Waals surface area contributed by atoms with Gasteiger partial charge < -0.3 is 14.7 Å². The summed E-state index contributed by atoms with van der Waals surface area (Å²) < 4.78 is 36.5. The van der Waals surface area contributed by atoms with E-state index < -0.39 is 9.84 Å². The molecule has 2 fully saturated rings. The van der Waals surface area contributed by atoms with Crippen LogP contribution in [0.5, 0.6) is 0 Å². The zero-order chi connectivity index (χ0) is 18.7. The highest BCUT2D eigenvalue weighted by Crippen LogP contribution is 2.19. The van der Waals surface area contributed by atoms with E-state index in [-0.39, 0.29) is 22.7 Å². The standard InChI is InChI=1S/C18H26FN3O3S/c1-2-26(24,25)17-13-20(14-17)8-7-18(23)22-11-9-21(10-12-22)16-5-3-15(19)4-6-16/h3-6,17H,2,7-14H2,1H3. The van der Waals surface area contributed by atoms with Crippen LogP contribution in [0, 0.1) is 5.82 Å². The highest BCUT2D eigenvalue weighted by molar-refractivity contribution is 7.92. The summed E-state index contributed by atoms with van der Waals surface area (Å²) in [4.78, 5) is 18.4. The number of hydrogen-bond donors (Lipinski definition) is 0. The van der Waals surface area contributed by atoms with Gasteiger partial charge in [-0.3, -0.25) is 4.79 Å². The summed E-state index contributed by atoms with van der Waals surface area (Å²) in [6.45, 7) is 6.16. The number of benzene rings is 1. The van der Waals surface area contributed by atoms with Crippen LogP contribution in [0.25, 0.3) is 0 Å². The molecule has 0 bridgehead atoms. The Hall–Kier alpha value is -1.67. The number of carbonyl (C=O) groups excluding carboxylic acids is 1. The summed E-state index contributed by atoms with van der Waals surface area (Å²) in [7, 11) is -2.95. The van der Waals surface area contributed by atoms with Gasteiger partial charge in [-0.1, -0.05) is 6.92 Å². The zero-order valence-electron chi connectivity index (χ0n) is 15.1. The van der Waals surface area contributed by atoms with Crippen molar-refractivity contribution in [1.82, 2.24) is 9.80 Å². The SMILES string of the molecule is CCS(=O)(=O)C1CN(CCC(=O)N2CCN(c3ccc(F)cc3)CC2)C1. The van der Waals surface area contributed by atoms with Gasteiger partial charge in [-0.2, -0.15) is 0 Å². The van der Waals surface area contributed by atoms with E-state index in [9.17, 15) is 17.6 Å². The Labute approximate surface area is 154 Å². The predicted molar refractivity (Wildman–Crippen MR) is 99.5 cm³/mol. The molecule has 0 aliphatic carbocycles. The third-order valence-electron chi connectivity index (χ3n) is 5.30. The largest absolute Gasteiger partial charge is 0.368 e. The number of nitrogens with zero attached hydrogens (tertiary/aromatic N) is 3. The molecule has 0 spiro atoms. The van der Waals surface area contributed by atoms with Gasteiger partial charge in [-0.25, -0.2) is 12.8 Å².